The van der Waals surface area contributed by atoms with Crippen molar-refractivity contribution < 1.29 is 18.7 Å². The van der Waals surface area contributed by atoms with Crippen LogP contribution in [0.1, 0.15) is 18.2 Å². The van der Waals surface area contributed by atoms with Crippen LogP contribution in [0.3, 0.4) is 0 Å². The van der Waals surface area contributed by atoms with Crippen molar-refractivity contribution in [2.24, 2.45) is 0 Å². The number of hydrogen-bond donors (Lipinski definition) is 0. The Morgan fingerprint density at radius 3 is 2.96 bits per heavy atom. The highest BCUT2D eigenvalue weighted by Gasteiger charge is 2.08. The van der Waals surface area contributed by atoms with Crippen molar-refractivity contribution >= 4 is 23.4 Å². The average Bonchev–Trinajstić information content (AvgIpc) is 3.31. The molecule has 5 nitrogen and oxygen atoms in total. The second kappa shape index (κ2) is 8.30. The number of rotatable bonds is 7. The van der Waals surface area contributed by atoms with Crippen LogP contribution in [0.25, 0.3) is 16.8 Å². The molecule has 1 aromatic carbocycles. The molecule has 0 aliphatic carbocycles. The van der Waals surface area contributed by atoms with E-state index in [0.29, 0.717) is 18.1 Å². The minimum absolute atomic E-state index is 0.119. The van der Waals surface area contributed by atoms with E-state index >= 15 is 0 Å². The van der Waals surface area contributed by atoms with E-state index in [1.165, 1.54) is 17.4 Å². The zero-order valence-corrected chi connectivity index (χ0v) is 14.5. The summed E-state index contributed by atoms with van der Waals surface area (Å²) >= 11 is 1.45. The normalized spacial score (nSPS) is 10.9. The molecule has 0 fully saturated rings. The van der Waals surface area contributed by atoms with Gasteiger partial charge in [0, 0.05) is 17.0 Å². The maximum absolute atomic E-state index is 11.9. The zero-order valence-electron chi connectivity index (χ0n) is 13.7. The third-order valence-corrected chi connectivity index (χ3v) is 4.17. The number of ether oxygens (including phenoxy) is 2. The Labute approximate surface area is 149 Å². The second-order valence-electron chi connectivity index (χ2n) is 5.03. The maximum Gasteiger partial charge on any atom is 0.331 e. The van der Waals surface area contributed by atoms with Gasteiger partial charge in [0.15, 0.2) is 10.8 Å². The summed E-state index contributed by atoms with van der Waals surface area (Å²) in [6, 6.07) is 11.2. The van der Waals surface area contributed by atoms with Crippen molar-refractivity contribution in [2.45, 2.75) is 13.5 Å². The van der Waals surface area contributed by atoms with E-state index < -0.39 is 5.97 Å². The molecule has 3 rings (SSSR count). The van der Waals surface area contributed by atoms with E-state index in [2.05, 4.69) is 4.98 Å². The van der Waals surface area contributed by atoms with Gasteiger partial charge in [-0.2, -0.15) is 0 Å². The summed E-state index contributed by atoms with van der Waals surface area (Å²) < 4.78 is 16.0. The number of benzene rings is 1. The molecular weight excluding hydrogens is 338 g/mol. The monoisotopic (exact) mass is 355 g/mol. The predicted molar refractivity (Wildman–Crippen MR) is 96.3 cm³/mol. The quantitative estimate of drug-likeness (QED) is 0.459. The summed E-state index contributed by atoms with van der Waals surface area (Å²) in [5.74, 6) is 1.01. The fourth-order valence-electron chi connectivity index (χ4n) is 2.14. The molecule has 0 saturated heterocycles. The summed E-state index contributed by atoms with van der Waals surface area (Å²) in [6.07, 6.45) is 4.67. The van der Waals surface area contributed by atoms with Crippen LogP contribution in [-0.2, 0) is 16.1 Å². The minimum atomic E-state index is -0.432. The molecule has 0 amide bonds. The highest BCUT2D eigenvalue weighted by atomic mass is 32.1. The second-order valence-corrected chi connectivity index (χ2v) is 5.89. The Balaban J connectivity index is 1.56. The molecular formula is C19H17NO4S. The first-order chi connectivity index (χ1) is 12.3. The first-order valence-electron chi connectivity index (χ1n) is 7.81. The Bertz CT molecular complexity index is 852. The summed E-state index contributed by atoms with van der Waals surface area (Å²) in [5.41, 5.74) is 1.52. The molecule has 2 heterocycles. The molecule has 0 aliphatic rings. The number of carbonyl (C=O) groups is 1. The van der Waals surface area contributed by atoms with Crippen LogP contribution in [-0.4, -0.2) is 17.6 Å². The van der Waals surface area contributed by atoms with Crippen molar-refractivity contribution in [1.82, 2.24) is 4.98 Å². The van der Waals surface area contributed by atoms with Crippen LogP contribution >= 0.6 is 11.3 Å². The van der Waals surface area contributed by atoms with Crippen LogP contribution in [0.15, 0.2) is 58.5 Å². The van der Waals surface area contributed by atoms with Gasteiger partial charge in [0.2, 0.25) is 0 Å². The number of para-hydroxylation sites is 1. The Morgan fingerprint density at radius 1 is 1.28 bits per heavy atom. The smallest absolute Gasteiger partial charge is 0.331 e. The van der Waals surface area contributed by atoms with E-state index in [1.54, 1.807) is 18.4 Å². The SMILES string of the molecule is CCOc1ccccc1/C=C/C(=O)OCc1csc(-c2ccco2)n1. The first kappa shape index (κ1) is 17.0. The average molecular weight is 355 g/mol. The summed E-state index contributed by atoms with van der Waals surface area (Å²) in [5, 5.41) is 2.61. The Hall–Kier alpha value is -2.86. The van der Waals surface area contributed by atoms with Crippen LogP contribution in [0.4, 0.5) is 0 Å². The van der Waals surface area contributed by atoms with E-state index in [0.717, 1.165) is 16.3 Å². The standard InChI is InChI=1S/C19H17NO4S/c1-2-22-16-7-4-3-6-14(16)9-10-18(21)24-12-15-13-25-19(20-15)17-8-5-11-23-17/h3-11,13H,2,12H2,1H3/b10-9+. The van der Waals surface area contributed by atoms with Crippen molar-refractivity contribution in [1.29, 1.82) is 0 Å². The molecule has 0 unspecified atom stereocenters. The van der Waals surface area contributed by atoms with Crippen LogP contribution in [0, 0.1) is 0 Å². The molecule has 0 radical (unpaired) electrons. The lowest BCUT2D eigenvalue weighted by atomic mass is 10.2. The number of carbonyl (C=O) groups excluding carboxylic acids is 1. The van der Waals surface area contributed by atoms with Gasteiger partial charge in [-0.3, -0.25) is 0 Å². The lowest BCUT2D eigenvalue weighted by molar-refractivity contribution is -0.139. The third kappa shape index (κ3) is 4.58. The van der Waals surface area contributed by atoms with E-state index in [-0.39, 0.29) is 6.61 Å². The van der Waals surface area contributed by atoms with Crippen LogP contribution in [0.5, 0.6) is 5.75 Å². The molecule has 0 saturated carbocycles. The highest BCUT2D eigenvalue weighted by Crippen LogP contribution is 2.24. The van der Waals surface area contributed by atoms with Crippen molar-refractivity contribution in [3.05, 3.63) is 65.4 Å². The summed E-state index contributed by atoms with van der Waals surface area (Å²) in [4.78, 5) is 16.3. The van der Waals surface area contributed by atoms with Gasteiger partial charge >= 0.3 is 5.97 Å². The summed E-state index contributed by atoms with van der Waals surface area (Å²) in [6.45, 7) is 2.60. The number of aromatic nitrogens is 1. The molecule has 0 spiro atoms. The Kier molecular flexibility index (Phi) is 5.64. The first-order valence-corrected chi connectivity index (χ1v) is 8.69. The Morgan fingerprint density at radius 2 is 2.16 bits per heavy atom. The van der Waals surface area contributed by atoms with Crippen LogP contribution in [0.2, 0.25) is 0 Å². The number of thiazole rings is 1. The summed E-state index contributed by atoms with van der Waals surface area (Å²) in [7, 11) is 0. The molecule has 0 bridgehead atoms. The van der Waals surface area contributed by atoms with Gasteiger partial charge in [-0.1, -0.05) is 18.2 Å². The number of esters is 1. The lowest BCUT2D eigenvalue weighted by Gasteiger charge is -2.06. The van der Waals surface area contributed by atoms with Crippen molar-refractivity contribution in [3.8, 4) is 16.5 Å². The molecule has 0 N–H and O–H groups in total. The van der Waals surface area contributed by atoms with E-state index in [9.17, 15) is 4.79 Å². The molecule has 0 atom stereocenters. The van der Waals surface area contributed by atoms with E-state index in [1.807, 2.05) is 42.6 Å². The van der Waals surface area contributed by atoms with Gasteiger partial charge in [-0.15, -0.1) is 11.3 Å². The number of furan rings is 1. The molecule has 25 heavy (non-hydrogen) atoms. The highest BCUT2D eigenvalue weighted by molar-refractivity contribution is 7.13. The van der Waals surface area contributed by atoms with Gasteiger partial charge in [-0.25, -0.2) is 9.78 Å². The van der Waals surface area contributed by atoms with Gasteiger partial charge in [0.1, 0.15) is 12.4 Å². The molecule has 3 aromatic rings. The van der Waals surface area contributed by atoms with Gasteiger partial charge in [0.25, 0.3) is 0 Å². The fraction of sp³-hybridized carbons (Fsp3) is 0.158. The third-order valence-electron chi connectivity index (χ3n) is 3.26. The zero-order chi connectivity index (χ0) is 17.5. The predicted octanol–water partition coefficient (Wildman–Crippen LogP) is 4.56. The topological polar surface area (TPSA) is 61.6 Å². The maximum atomic E-state index is 11.9. The van der Waals surface area contributed by atoms with Crippen LogP contribution < -0.4 is 4.74 Å². The van der Waals surface area contributed by atoms with Gasteiger partial charge < -0.3 is 13.9 Å². The van der Waals surface area contributed by atoms with E-state index in [4.69, 9.17) is 13.9 Å². The molecule has 6 heteroatoms. The largest absolute Gasteiger partial charge is 0.493 e. The lowest BCUT2D eigenvalue weighted by Crippen LogP contribution is -2.01. The molecule has 2 aromatic heterocycles. The van der Waals surface area contributed by atoms with Gasteiger partial charge in [0.05, 0.1) is 18.6 Å². The number of nitrogens with zero attached hydrogens (tertiary/aromatic N) is 1. The van der Waals surface area contributed by atoms with Crippen molar-refractivity contribution in [2.75, 3.05) is 6.61 Å². The van der Waals surface area contributed by atoms with Crippen molar-refractivity contribution in [3.63, 3.8) is 0 Å². The molecule has 0 aliphatic heterocycles. The minimum Gasteiger partial charge on any atom is -0.493 e. The van der Waals surface area contributed by atoms with Gasteiger partial charge in [-0.05, 0) is 31.2 Å². The molecule has 128 valence electrons. The number of hydrogen-bond acceptors (Lipinski definition) is 6. The fourth-order valence-corrected chi connectivity index (χ4v) is 2.91.